The number of carbonyl (C=O) groups excluding carboxylic acids is 2. The number of hydrogen-bond donors (Lipinski definition) is 0. The zero-order chi connectivity index (χ0) is 15.8. The second kappa shape index (κ2) is 5.39. The number of fused-ring (bicyclic) bond motifs is 1. The van der Waals surface area contributed by atoms with Crippen molar-refractivity contribution in [2.24, 2.45) is 10.2 Å². The Kier molecular flexibility index (Phi) is 3.94. The van der Waals surface area contributed by atoms with Crippen molar-refractivity contribution in [3.63, 3.8) is 0 Å². The molecule has 0 radical (unpaired) electrons. The van der Waals surface area contributed by atoms with Crippen molar-refractivity contribution in [3.05, 3.63) is 34.9 Å². The molecule has 0 saturated heterocycles. The molecule has 0 N–H and O–H groups in total. The van der Waals surface area contributed by atoms with Gasteiger partial charge in [-0.25, -0.2) is 4.90 Å². The molecule has 0 aromatic heterocycles. The van der Waals surface area contributed by atoms with E-state index < -0.39 is 5.66 Å². The molecular weight excluding hydrogens is 266 g/mol. The third-order valence-corrected chi connectivity index (χ3v) is 3.78. The normalized spacial score (nSPS) is 17.7. The number of amides is 2. The lowest BCUT2D eigenvalue weighted by molar-refractivity contribution is 0.0442. The van der Waals surface area contributed by atoms with Crippen LogP contribution in [0.5, 0.6) is 0 Å². The second-order valence-electron chi connectivity index (χ2n) is 5.82. The van der Waals surface area contributed by atoms with Crippen LogP contribution >= 0.6 is 0 Å². The van der Waals surface area contributed by atoms with Crippen LogP contribution in [-0.4, -0.2) is 28.4 Å². The zero-order valence-electron chi connectivity index (χ0n) is 13.2. The molecule has 21 heavy (non-hydrogen) atoms. The molecule has 1 aromatic rings. The number of rotatable bonds is 4. The van der Waals surface area contributed by atoms with Crippen LogP contribution in [-0.2, 0) is 0 Å². The molecule has 2 amide bonds. The smallest absolute Gasteiger partial charge is 0.263 e. The number of carbonyl (C=O) groups is 2. The van der Waals surface area contributed by atoms with E-state index in [4.69, 9.17) is 0 Å². The Morgan fingerprint density at radius 1 is 1.24 bits per heavy atom. The van der Waals surface area contributed by atoms with Crippen molar-refractivity contribution in [2.75, 3.05) is 0 Å². The largest absolute Gasteiger partial charge is 0.268 e. The quantitative estimate of drug-likeness (QED) is 0.627. The van der Waals surface area contributed by atoms with Gasteiger partial charge in [-0.3, -0.25) is 9.59 Å². The molecule has 0 aliphatic carbocycles. The molecule has 5 nitrogen and oxygen atoms in total. The lowest BCUT2D eigenvalue weighted by Crippen LogP contribution is -2.48. The summed E-state index contributed by atoms with van der Waals surface area (Å²) in [6, 6.07) is 5.35. The topological polar surface area (TPSA) is 62.1 Å². The van der Waals surface area contributed by atoms with Gasteiger partial charge in [0.05, 0.1) is 17.2 Å². The Hall–Kier alpha value is -2.04. The Balaban J connectivity index is 2.49. The van der Waals surface area contributed by atoms with Crippen molar-refractivity contribution < 1.29 is 9.59 Å². The number of imide groups is 1. The first-order valence-corrected chi connectivity index (χ1v) is 7.22. The minimum atomic E-state index is -0.941. The SMILES string of the molecule is CCC(C)(N=NC(C)C)N1C(=O)c2cccc(C)c2C1=O. The van der Waals surface area contributed by atoms with Crippen LogP contribution in [0.4, 0.5) is 0 Å². The van der Waals surface area contributed by atoms with Gasteiger partial charge in [0, 0.05) is 0 Å². The summed E-state index contributed by atoms with van der Waals surface area (Å²) in [6.45, 7) is 9.33. The minimum absolute atomic E-state index is 0.0211. The average molecular weight is 287 g/mol. The molecule has 1 unspecified atom stereocenters. The van der Waals surface area contributed by atoms with Crippen LogP contribution in [0.3, 0.4) is 0 Å². The molecule has 1 aliphatic rings. The van der Waals surface area contributed by atoms with Gasteiger partial charge in [-0.1, -0.05) is 19.1 Å². The third-order valence-electron chi connectivity index (χ3n) is 3.78. The van der Waals surface area contributed by atoms with E-state index in [9.17, 15) is 9.59 Å². The molecule has 112 valence electrons. The van der Waals surface area contributed by atoms with Crippen LogP contribution in [0.25, 0.3) is 0 Å². The van der Waals surface area contributed by atoms with E-state index in [0.29, 0.717) is 17.5 Å². The van der Waals surface area contributed by atoms with Gasteiger partial charge in [0.1, 0.15) is 0 Å². The maximum Gasteiger partial charge on any atom is 0.263 e. The van der Waals surface area contributed by atoms with E-state index in [-0.39, 0.29) is 17.9 Å². The van der Waals surface area contributed by atoms with Crippen LogP contribution in [0.15, 0.2) is 28.4 Å². The highest BCUT2D eigenvalue weighted by atomic mass is 16.2. The Bertz CT molecular complexity index is 622. The summed E-state index contributed by atoms with van der Waals surface area (Å²) in [6.07, 6.45) is 0.522. The van der Waals surface area contributed by atoms with Gasteiger partial charge in [-0.2, -0.15) is 10.2 Å². The number of hydrogen-bond acceptors (Lipinski definition) is 4. The summed E-state index contributed by atoms with van der Waals surface area (Å²) < 4.78 is 0. The lowest BCUT2D eigenvalue weighted by atomic mass is 10.0. The van der Waals surface area contributed by atoms with E-state index in [0.717, 1.165) is 5.56 Å². The predicted molar refractivity (Wildman–Crippen MR) is 80.4 cm³/mol. The van der Waals surface area contributed by atoms with Gasteiger partial charge in [-0.05, 0) is 45.7 Å². The third kappa shape index (κ3) is 2.48. The zero-order valence-corrected chi connectivity index (χ0v) is 13.2. The summed E-state index contributed by atoms with van der Waals surface area (Å²) in [5.74, 6) is -0.564. The number of benzene rings is 1. The Labute approximate surface area is 125 Å². The molecule has 5 heteroatoms. The number of aryl methyl sites for hydroxylation is 1. The van der Waals surface area contributed by atoms with E-state index in [2.05, 4.69) is 10.2 Å². The number of nitrogens with zero attached hydrogens (tertiary/aromatic N) is 3. The fourth-order valence-corrected chi connectivity index (χ4v) is 2.41. The summed E-state index contributed by atoms with van der Waals surface area (Å²) in [5, 5.41) is 8.42. The van der Waals surface area contributed by atoms with Gasteiger partial charge in [0.25, 0.3) is 11.8 Å². The average Bonchev–Trinajstić information content (AvgIpc) is 2.70. The minimum Gasteiger partial charge on any atom is -0.268 e. The maximum absolute atomic E-state index is 12.7. The van der Waals surface area contributed by atoms with Gasteiger partial charge in [0.15, 0.2) is 5.66 Å². The molecule has 0 spiro atoms. The first-order chi connectivity index (χ1) is 9.81. The summed E-state index contributed by atoms with van der Waals surface area (Å²) in [4.78, 5) is 26.5. The van der Waals surface area contributed by atoms with Gasteiger partial charge in [0.2, 0.25) is 0 Å². The van der Waals surface area contributed by atoms with E-state index >= 15 is 0 Å². The highest BCUT2D eigenvalue weighted by Gasteiger charge is 2.46. The second-order valence-corrected chi connectivity index (χ2v) is 5.82. The van der Waals surface area contributed by atoms with Crippen molar-refractivity contribution in [1.29, 1.82) is 0 Å². The standard InChI is InChI=1S/C16H21N3O2/c1-6-16(5,18-17-10(2)3)19-14(20)12-9-7-8-11(4)13(12)15(19)21/h7-10H,6H2,1-5H3. The molecule has 1 atom stereocenters. The number of azo groups is 1. The lowest BCUT2D eigenvalue weighted by Gasteiger charge is -2.31. The summed E-state index contributed by atoms with van der Waals surface area (Å²) >= 11 is 0. The Morgan fingerprint density at radius 3 is 2.43 bits per heavy atom. The molecule has 1 heterocycles. The van der Waals surface area contributed by atoms with Crippen LogP contribution in [0.2, 0.25) is 0 Å². The van der Waals surface area contributed by atoms with E-state index in [1.165, 1.54) is 4.90 Å². The highest BCUT2D eigenvalue weighted by molar-refractivity contribution is 6.22. The van der Waals surface area contributed by atoms with Crippen LogP contribution in [0.1, 0.15) is 60.4 Å². The van der Waals surface area contributed by atoms with E-state index in [1.807, 2.05) is 33.8 Å². The summed E-state index contributed by atoms with van der Waals surface area (Å²) in [7, 11) is 0. The first kappa shape index (κ1) is 15.4. The highest BCUT2D eigenvalue weighted by Crippen LogP contribution is 2.34. The first-order valence-electron chi connectivity index (χ1n) is 7.22. The van der Waals surface area contributed by atoms with Crippen molar-refractivity contribution in [2.45, 2.75) is 52.7 Å². The Morgan fingerprint density at radius 2 is 1.90 bits per heavy atom. The van der Waals surface area contributed by atoms with Crippen LogP contribution < -0.4 is 0 Å². The van der Waals surface area contributed by atoms with Crippen molar-refractivity contribution in [3.8, 4) is 0 Å². The molecule has 1 aromatic carbocycles. The van der Waals surface area contributed by atoms with Gasteiger partial charge in [-0.15, -0.1) is 0 Å². The fourth-order valence-electron chi connectivity index (χ4n) is 2.41. The molecule has 0 fully saturated rings. The molecule has 0 saturated carbocycles. The van der Waals surface area contributed by atoms with Crippen molar-refractivity contribution >= 4 is 11.8 Å². The van der Waals surface area contributed by atoms with E-state index in [1.54, 1.807) is 19.1 Å². The molecule has 0 bridgehead atoms. The molecule has 2 rings (SSSR count). The molecular formula is C16H21N3O2. The maximum atomic E-state index is 12.7. The fraction of sp³-hybridized carbons (Fsp3) is 0.500. The summed E-state index contributed by atoms with van der Waals surface area (Å²) in [5.41, 5.74) is 0.818. The van der Waals surface area contributed by atoms with Gasteiger partial charge < -0.3 is 0 Å². The predicted octanol–water partition coefficient (Wildman–Crippen LogP) is 3.58. The van der Waals surface area contributed by atoms with Crippen LogP contribution in [0, 0.1) is 6.92 Å². The van der Waals surface area contributed by atoms with Crippen molar-refractivity contribution in [1.82, 2.24) is 4.90 Å². The van der Waals surface area contributed by atoms with Gasteiger partial charge >= 0.3 is 0 Å². The monoisotopic (exact) mass is 287 g/mol. The molecule has 1 aliphatic heterocycles.